The monoisotopic (exact) mass is 217 g/mol. The molecule has 0 saturated heterocycles. The van der Waals surface area contributed by atoms with Gasteiger partial charge in [0.1, 0.15) is 5.04 Å². The van der Waals surface area contributed by atoms with Crippen LogP contribution in [0.2, 0.25) is 0 Å². The van der Waals surface area contributed by atoms with Crippen LogP contribution < -0.4 is 0 Å². The third-order valence-corrected chi connectivity index (χ3v) is 3.23. The second-order valence-electron chi connectivity index (χ2n) is 3.01. The molecule has 14 heavy (non-hydrogen) atoms. The van der Waals surface area contributed by atoms with Gasteiger partial charge in [0.05, 0.1) is 0 Å². The van der Waals surface area contributed by atoms with Crippen LogP contribution >= 0.6 is 11.8 Å². The molecule has 3 nitrogen and oxygen atoms in total. The van der Waals surface area contributed by atoms with Crippen molar-refractivity contribution < 1.29 is 9.47 Å². The van der Waals surface area contributed by atoms with Gasteiger partial charge in [-0.15, -0.1) is 11.8 Å². The van der Waals surface area contributed by atoms with Crippen molar-refractivity contribution >= 4 is 16.8 Å². The molecule has 0 N–H and O–H groups in total. The van der Waals surface area contributed by atoms with Crippen LogP contribution in [0.15, 0.2) is 4.99 Å². The topological polar surface area (TPSA) is 30.8 Å². The molecule has 1 aliphatic rings. The van der Waals surface area contributed by atoms with Gasteiger partial charge in [0.15, 0.2) is 0 Å². The van der Waals surface area contributed by atoms with Gasteiger partial charge in [0.2, 0.25) is 5.79 Å². The quantitative estimate of drug-likeness (QED) is 0.640. The molecule has 0 aromatic carbocycles. The Morgan fingerprint density at radius 1 is 1.29 bits per heavy atom. The standard InChI is InChI=1S/C10H19NO2S/c1-4-10(12-5-2,13-6-3)9-11-7-8-14-9/h4-8H2,1-3H3. The molecule has 0 aromatic heterocycles. The predicted molar refractivity (Wildman–Crippen MR) is 61.0 cm³/mol. The van der Waals surface area contributed by atoms with Gasteiger partial charge in [-0.1, -0.05) is 6.92 Å². The van der Waals surface area contributed by atoms with E-state index in [0.717, 1.165) is 23.8 Å². The number of thioether (sulfide) groups is 1. The van der Waals surface area contributed by atoms with Gasteiger partial charge in [0, 0.05) is 31.9 Å². The van der Waals surface area contributed by atoms with Gasteiger partial charge >= 0.3 is 0 Å². The lowest BCUT2D eigenvalue weighted by atomic mass is 10.2. The zero-order valence-corrected chi connectivity index (χ0v) is 10.0. The molecule has 0 bridgehead atoms. The van der Waals surface area contributed by atoms with Crippen molar-refractivity contribution in [2.75, 3.05) is 25.5 Å². The molecule has 0 unspecified atom stereocenters. The lowest BCUT2D eigenvalue weighted by Gasteiger charge is -2.31. The maximum atomic E-state index is 5.73. The number of nitrogens with zero attached hydrogens (tertiary/aromatic N) is 1. The molecule has 0 radical (unpaired) electrons. The van der Waals surface area contributed by atoms with Crippen molar-refractivity contribution in [3.63, 3.8) is 0 Å². The van der Waals surface area contributed by atoms with Crippen molar-refractivity contribution in [2.24, 2.45) is 4.99 Å². The molecule has 4 heteroatoms. The van der Waals surface area contributed by atoms with Crippen LogP contribution in [0.3, 0.4) is 0 Å². The molecule has 0 fully saturated rings. The van der Waals surface area contributed by atoms with Gasteiger partial charge in [0.25, 0.3) is 0 Å². The third-order valence-electron chi connectivity index (χ3n) is 2.13. The lowest BCUT2D eigenvalue weighted by Crippen LogP contribution is -2.42. The van der Waals surface area contributed by atoms with Crippen LogP contribution in [0, 0.1) is 0 Å². The summed E-state index contributed by atoms with van der Waals surface area (Å²) in [6, 6.07) is 0. The number of hydrogen-bond acceptors (Lipinski definition) is 4. The number of hydrogen-bond donors (Lipinski definition) is 0. The zero-order valence-electron chi connectivity index (χ0n) is 9.21. The maximum absolute atomic E-state index is 5.73. The summed E-state index contributed by atoms with van der Waals surface area (Å²) in [4.78, 5) is 4.45. The van der Waals surface area contributed by atoms with Gasteiger partial charge in [-0.05, 0) is 13.8 Å². The van der Waals surface area contributed by atoms with Crippen molar-refractivity contribution in [3.8, 4) is 0 Å². The van der Waals surface area contributed by atoms with Crippen molar-refractivity contribution in [3.05, 3.63) is 0 Å². The Morgan fingerprint density at radius 3 is 2.29 bits per heavy atom. The maximum Gasteiger partial charge on any atom is 0.217 e. The number of aliphatic imine (C=N–C) groups is 1. The average molecular weight is 217 g/mol. The molecular formula is C10H19NO2S. The van der Waals surface area contributed by atoms with E-state index in [2.05, 4.69) is 11.9 Å². The summed E-state index contributed by atoms with van der Waals surface area (Å²) in [6.45, 7) is 8.27. The second kappa shape index (κ2) is 5.73. The first kappa shape index (κ1) is 12.0. The molecule has 0 aromatic rings. The summed E-state index contributed by atoms with van der Waals surface area (Å²) < 4.78 is 11.5. The minimum absolute atomic E-state index is 0.565. The first-order valence-corrected chi connectivity index (χ1v) is 6.23. The van der Waals surface area contributed by atoms with E-state index in [1.807, 2.05) is 13.8 Å². The van der Waals surface area contributed by atoms with Gasteiger partial charge < -0.3 is 9.47 Å². The summed E-state index contributed by atoms with van der Waals surface area (Å²) in [5.74, 6) is 0.488. The van der Waals surface area contributed by atoms with Crippen LogP contribution in [-0.2, 0) is 9.47 Å². The van der Waals surface area contributed by atoms with Gasteiger partial charge in [-0.25, -0.2) is 0 Å². The molecule has 0 spiro atoms. The SMILES string of the molecule is CCOC(CC)(OCC)C1=NCCS1. The molecule has 1 aliphatic heterocycles. The summed E-state index contributed by atoms with van der Waals surface area (Å²) >= 11 is 1.75. The van der Waals surface area contributed by atoms with E-state index in [1.54, 1.807) is 11.8 Å². The number of ether oxygens (including phenoxy) is 2. The largest absolute Gasteiger partial charge is 0.345 e. The smallest absolute Gasteiger partial charge is 0.217 e. The Labute approximate surface area is 90.3 Å². The molecule has 0 saturated carbocycles. The van der Waals surface area contributed by atoms with Crippen molar-refractivity contribution in [1.29, 1.82) is 0 Å². The van der Waals surface area contributed by atoms with Gasteiger partial charge in [-0.2, -0.15) is 0 Å². The van der Waals surface area contributed by atoms with Crippen molar-refractivity contribution in [1.82, 2.24) is 0 Å². The Hall–Kier alpha value is -0.0600. The van der Waals surface area contributed by atoms with Crippen LogP contribution in [0.5, 0.6) is 0 Å². The molecular weight excluding hydrogens is 198 g/mol. The van der Waals surface area contributed by atoms with E-state index in [4.69, 9.17) is 9.47 Å². The zero-order chi connectivity index (χ0) is 10.4. The second-order valence-corrected chi connectivity index (χ2v) is 4.09. The minimum Gasteiger partial charge on any atom is -0.345 e. The van der Waals surface area contributed by atoms with E-state index in [-0.39, 0.29) is 0 Å². The molecule has 1 rings (SSSR count). The van der Waals surface area contributed by atoms with E-state index >= 15 is 0 Å². The fraction of sp³-hybridized carbons (Fsp3) is 0.900. The van der Waals surface area contributed by atoms with Crippen LogP contribution in [-0.4, -0.2) is 36.3 Å². The fourth-order valence-corrected chi connectivity index (χ4v) is 2.59. The van der Waals surface area contributed by atoms with Crippen LogP contribution in [0.25, 0.3) is 0 Å². The van der Waals surface area contributed by atoms with Gasteiger partial charge in [-0.3, -0.25) is 4.99 Å². The van der Waals surface area contributed by atoms with E-state index < -0.39 is 5.79 Å². The normalized spacial score (nSPS) is 17.2. The number of rotatable bonds is 6. The molecule has 0 aliphatic carbocycles. The highest BCUT2D eigenvalue weighted by Crippen LogP contribution is 2.29. The Bertz CT molecular complexity index is 200. The molecule has 82 valence electrons. The fourth-order valence-electron chi connectivity index (χ4n) is 1.55. The highest BCUT2D eigenvalue weighted by molar-refractivity contribution is 8.14. The third kappa shape index (κ3) is 2.49. The highest BCUT2D eigenvalue weighted by atomic mass is 32.2. The first-order valence-electron chi connectivity index (χ1n) is 5.24. The molecule has 0 atom stereocenters. The van der Waals surface area contributed by atoms with Crippen LogP contribution in [0.4, 0.5) is 0 Å². The van der Waals surface area contributed by atoms with Crippen molar-refractivity contribution in [2.45, 2.75) is 33.0 Å². The predicted octanol–water partition coefficient (Wildman–Crippen LogP) is 2.31. The first-order chi connectivity index (χ1) is 6.79. The lowest BCUT2D eigenvalue weighted by molar-refractivity contribution is -0.182. The molecule has 0 amide bonds. The summed E-state index contributed by atoms with van der Waals surface area (Å²) in [5.41, 5.74) is 0. The average Bonchev–Trinajstić information content (AvgIpc) is 2.70. The van der Waals surface area contributed by atoms with E-state index in [9.17, 15) is 0 Å². The van der Waals surface area contributed by atoms with E-state index in [0.29, 0.717) is 13.2 Å². The summed E-state index contributed by atoms with van der Waals surface area (Å²) in [6.07, 6.45) is 0.820. The minimum atomic E-state index is -0.565. The molecule has 1 heterocycles. The Morgan fingerprint density at radius 2 is 1.93 bits per heavy atom. The highest BCUT2D eigenvalue weighted by Gasteiger charge is 2.37. The Balaban J connectivity index is 2.75. The van der Waals surface area contributed by atoms with E-state index in [1.165, 1.54) is 0 Å². The summed E-state index contributed by atoms with van der Waals surface area (Å²) in [7, 11) is 0. The van der Waals surface area contributed by atoms with Crippen LogP contribution in [0.1, 0.15) is 27.2 Å². The Kier molecular flexibility index (Phi) is 4.92. The summed E-state index contributed by atoms with van der Waals surface area (Å²) in [5, 5.41) is 1.02.